The fraction of sp³-hybridized carbons (Fsp3) is 0.313. The Labute approximate surface area is 451 Å². The van der Waals surface area contributed by atoms with E-state index in [4.69, 9.17) is 9.97 Å². The summed E-state index contributed by atoms with van der Waals surface area (Å²) in [7, 11) is 2.09. The number of hydrogen-bond acceptors (Lipinski definition) is 4. The van der Waals surface area contributed by atoms with Crippen molar-refractivity contribution in [3.8, 4) is 61.8 Å². The Kier molecular flexibility index (Phi) is 15.1. The second-order valence-corrected chi connectivity index (χ2v) is 24.8. The Balaban J connectivity index is 0.00000780. The van der Waals surface area contributed by atoms with Crippen molar-refractivity contribution in [1.82, 2.24) is 14.5 Å². The number of phenols is 1. The zero-order valence-electron chi connectivity index (χ0n) is 46.1. The third kappa shape index (κ3) is 11.3. The molecule has 8 rings (SSSR count). The summed E-state index contributed by atoms with van der Waals surface area (Å²) in [4.78, 5) is 10.8. The standard InChI is InChI=1S/C67H75N4O.Pt/c1-18-42(41-69-48-27-23-20-24-28-48)44-31-32-68-58(34-44)53-39-51(55(65(8,9)10)40-56(53)66(11,12)13)52-33-45(50-36-46(63(2,3)4)29-30-49(50)43-25-21-19-22-26-43)35-59-60(52)70-62(71(59)17)54-37-47(64(5,6)7)38-57(61(54)72)67(14,15)16;/h18-38,40-41,69,72H,1H2,2-17H3;/q-1;/b42-41-;. The van der Waals surface area contributed by atoms with Crippen molar-refractivity contribution in [3.63, 3.8) is 0 Å². The summed E-state index contributed by atoms with van der Waals surface area (Å²) in [6.07, 6.45) is 5.78. The van der Waals surface area contributed by atoms with E-state index in [0.717, 1.165) is 100 Å². The van der Waals surface area contributed by atoms with Crippen molar-refractivity contribution in [2.24, 2.45) is 7.05 Å². The quantitative estimate of drug-likeness (QED) is 0.112. The number of fused-ring (bicyclic) bond motifs is 1. The maximum absolute atomic E-state index is 12.4. The molecule has 0 atom stereocenters. The summed E-state index contributed by atoms with van der Waals surface area (Å²) in [5, 5.41) is 15.9. The van der Waals surface area contributed by atoms with Gasteiger partial charge in [0.25, 0.3) is 0 Å². The van der Waals surface area contributed by atoms with E-state index < -0.39 is 0 Å². The SMILES string of the molecule is C=C/C(=C/Nc1ccccc1)c1ccnc(-c2[c-]c(-c3cc(-c4cc(C(C)(C)C)ccc4-c4ccccc4)cc4c3nc(-c3cc(C(C)(C)C)cc(C(C)(C)C)c3O)n4C)c(C(C)(C)C)cc2C(C)(C)C)c1.[Pt]. The van der Waals surface area contributed by atoms with E-state index in [1.165, 1.54) is 5.56 Å². The van der Waals surface area contributed by atoms with Gasteiger partial charge in [0.05, 0.1) is 16.6 Å². The van der Waals surface area contributed by atoms with Gasteiger partial charge in [-0.1, -0.05) is 213 Å². The molecule has 0 unspecified atom stereocenters. The molecule has 2 N–H and O–H groups in total. The Bertz CT molecular complexity index is 3360. The van der Waals surface area contributed by atoms with Gasteiger partial charge in [-0.05, 0) is 102 Å². The van der Waals surface area contributed by atoms with Crippen LogP contribution in [0.1, 0.15) is 137 Å². The van der Waals surface area contributed by atoms with Gasteiger partial charge < -0.3 is 15.0 Å². The fourth-order valence-corrected chi connectivity index (χ4v) is 9.65. The first-order valence-corrected chi connectivity index (χ1v) is 25.5. The first kappa shape index (κ1) is 54.5. The Morgan fingerprint density at radius 2 is 1.16 bits per heavy atom. The molecule has 8 aromatic rings. The fourth-order valence-electron chi connectivity index (χ4n) is 9.65. The van der Waals surface area contributed by atoms with Gasteiger partial charge in [-0.2, -0.15) is 0 Å². The van der Waals surface area contributed by atoms with Crippen LogP contribution in [-0.2, 0) is 55.2 Å². The molecule has 0 saturated heterocycles. The second-order valence-electron chi connectivity index (χ2n) is 24.8. The van der Waals surface area contributed by atoms with Crippen LogP contribution in [-0.4, -0.2) is 19.6 Å². The zero-order valence-corrected chi connectivity index (χ0v) is 48.4. The van der Waals surface area contributed by atoms with E-state index in [9.17, 15) is 5.11 Å². The van der Waals surface area contributed by atoms with Crippen LogP contribution < -0.4 is 5.32 Å². The number of nitrogens with zero attached hydrogens (tertiary/aromatic N) is 3. The summed E-state index contributed by atoms with van der Waals surface area (Å²) in [5.41, 5.74) is 18.1. The van der Waals surface area contributed by atoms with Gasteiger partial charge in [0.1, 0.15) is 11.6 Å². The van der Waals surface area contributed by atoms with Crippen LogP contribution in [0, 0.1) is 6.07 Å². The van der Waals surface area contributed by atoms with E-state index in [1.807, 2.05) is 54.9 Å². The van der Waals surface area contributed by atoms with Crippen LogP contribution in [0.15, 0.2) is 146 Å². The first-order valence-electron chi connectivity index (χ1n) is 25.5. The smallest absolute Gasteiger partial charge is 0.143 e. The Morgan fingerprint density at radius 3 is 1.75 bits per heavy atom. The number of pyridine rings is 1. The molecule has 6 heteroatoms. The average Bonchev–Trinajstić information content (AvgIpc) is 3.65. The Hall–Kier alpha value is -6.29. The Morgan fingerprint density at radius 1 is 0.575 bits per heavy atom. The number of anilines is 1. The van der Waals surface area contributed by atoms with Crippen molar-refractivity contribution < 1.29 is 26.2 Å². The van der Waals surface area contributed by atoms with E-state index in [0.29, 0.717) is 5.82 Å². The van der Waals surface area contributed by atoms with Gasteiger partial charge in [0.15, 0.2) is 0 Å². The topological polar surface area (TPSA) is 63.0 Å². The summed E-state index contributed by atoms with van der Waals surface area (Å²) in [6.45, 7) is 37.9. The van der Waals surface area contributed by atoms with E-state index >= 15 is 0 Å². The molecule has 0 bridgehead atoms. The minimum Gasteiger partial charge on any atom is -0.507 e. The molecule has 0 amide bonds. The third-order valence-corrected chi connectivity index (χ3v) is 14.0. The normalized spacial score (nSPS) is 12.7. The number of nitrogens with one attached hydrogen (secondary N) is 1. The van der Waals surface area contributed by atoms with Gasteiger partial charge in [-0.15, -0.1) is 28.8 Å². The van der Waals surface area contributed by atoms with E-state index in [1.54, 1.807) is 0 Å². The minimum absolute atomic E-state index is 0. The van der Waals surface area contributed by atoms with Crippen LogP contribution in [0.2, 0.25) is 0 Å². The van der Waals surface area contributed by atoms with Crippen LogP contribution in [0.3, 0.4) is 0 Å². The molecule has 73 heavy (non-hydrogen) atoms. The number of aryl methyl sites for hydroxylation is 1. The molecule has 0 radical (unpaired) electrons. The molecule has 2 heterocycles. The summed E-state index contributed by atoms with van der Waals surface area (Å²) < 4.78 is 2.19. The number of aromatic nitrogens is 3. The maximum Gasteiger partial charge on any atom is 0.143 e. The number of phenolic OH excluding ortho intramolecular Hbond substituents is 1. The predicted octanol–water partition coefficient (Wildman–Crippen LogP) is 17.9. The summed E-state index contributed by atoms with van der Waals surface area (Å²) in [5.74, 6) is 0.965. The number of rotatable bonds is 9. The van der Waals surface area contributed by atoms with Crippen molar-refractivity contribution in [2.75, 3.05) is 5.32 Å². The van der Waals surface area contributed by atoms with Gasteiger partial charge in [-0.3, -0.25) is 4.98 Å². The van der Waals surface area contributed by atoms with Crippen LogP contribution in [0.25, 0.3) is 72.6 Å². The summed E-state index contributed by atoms with van der Waals surface area (Å²) >= 11 is 0. The third-order valence-electron chi connectivity index (χ3n) is 14.0. The number of hydrogen-bond donors (Lipinski definition) is 2. The van der Waals surface area contributed by atoms with Crippen molar-refractivity contribution >= 4 is 22.3 Å². The predicted molar refractivity (Wildman–Crippen MR) is 308 cm³/mol. The monoisotopic (exact) mass is 1150 g/mol. The molecule has 6 aromatic carbocycles. The number of para-hydroxylation sites is 1. The number of allylic oxidation sites excluding steroid dienone is 2. The van der Waals surface area contributed by atoms with E-state index in [2.05, 4.69) is 218 Å². The number of aromatic hydroxyl groups is 1. The van der Waals surface area contributed by atoms with Crippen molar-refractivity contribution in [3.05, 3.63) is 186 Å². The maximum atomic E-state index is 12.4. The van der Waals surface area contributed by atoms with Crippen LogP contribution >= 0.6 is 0 Å². The molecule has 5 nitrogen and oxygen atoms in total. The zero-order chi connectivity index (χ0) is 52.3. The minimum atomic E-state index is -0.317. The average molecular weight is 1150 g/mol. The molecular formula is C67H75N4OPt-. The van der Waals surface area contributed by atoms with Crippen molar-refractivity contribution in [2.45, 2.75) is 131 Å². The number of imidazole rings is 1. The van der Waals surface area contributed by atoms with Crippen LogP contribution in [0.4, 0.5) is 5.69 Å². The molecule has 0 spiro atoms. The van der Waals surface area contributed by atoms with Gasteiger partial charge in [0.2, 0.25) is 0 Å². The second kappa shape index (κ2) is 20.2. The first-order chi connectivity index (χ1) is 33.6. The molecular weight excluding hydrogens is 1070 g/mol. The van der Waals surface area contributed by atoms with E-state index in [-0.39, 0.29) is 53.9 Å². The molecule has 0 aliphatic heterocycles. The molecule has 0 aliphatic rings. The van der Waals surface area contributed by atoms with Crippen molar-refractivity contribution in [1.29, 1.82) is 0 Å². The van der Waals surface area contributed by atoms with Gasteiger partial charge in [-0.25, -0.2) is 4.98 Å². The molecule has 0 fully saturated rings. The molecule has 2 aromatic heterocycles. The van der Waals surface area contributed by atoms with Crippen LogP contribution in [0.5, 0.6) is 5.75 Å². The number of benzene rings is 6. The summed E-state index contributed by atoms with van der Waals surface area (Å²) in [6, 6.07) is 47.5. The van der Waals surface area contributed by atoms with Gasteiger partial charge in [0, 0.05) is 57.5 Å². The molecule has 0 aliphatic carbocycles. The largest absolute Gasteiger partial charge is 0.507 e. The molecule has 0 saturated carbocycles. The molecule has 380 valence electrons. The van der Waals surface area contributed by atoms with Gasteiger partial charge >= 0.3 is 0 Å².